The molecule has 2 aromatic heterocycles. The lowest BCUT2D eigenvalue weighted by Gasteiger charge is -1.97. The molecule has 0 saturated heterocycles. The van der Waals surface area contributed by atoms with Gasteiger partial charge in [0.05, 0.1) is 11.8 Å². The first-order valence-electron chi connectivity index (χ1n) is 4.73. The monoisotopic (exact) mass is 294 g/mol. The highest BCUT2D eigenvalue weighted by molar-refractivity contribution is 9.10. The third-order valence-electron chi connectivity index (χ3n) is 2.52. The fraction of sp³-hybridized carbons (Fsp3) is 0.0909. The minimum atomic E-state index is -0.0678. The number of halogens is 1. The summed E-state index contributed by atoms with van der Waals surface area (Å²) < 4.78 is 2.81. The minimum absolute atomic E-state index is 0.0678. The number of H-pyrrole nitrogens is 1. The van der Waals surface area contributed by atoms with Crippen LogP contribution in [0.4, 0.5) is 0 Å². The molecule has 0 aliphatic rings. The zero-order valence-electron chi connectivity index (χ0n) is 8.37. The lowest BCUT2D eigenvalue weighted by Crippen LogP contribution is -2.03. The van der Waals surface area contributed by atoms with Crippen LogP contribution in [0.1, 0.15) is 5.56 Å². The summed E-state index contributed by atoms with van der Waals surface area (Å²) in [5.74, 6) is 0. The maximum atomic E-state index is 11.6. The molecule has 0 aliphatic carbocycles. The van der Waals surface area contributed by atoms with E-state index < -0.39 is 0 Å². The summed E-state index contributed by atoms with van der Waals surface area (Å²) in [4.78, 5) is 18.5. The van der Waals surface area contributed by atoms with E-state index in [2.05, 4.69) is 25.9 Å². The van der Waals surface area contributed by atoms with E-state index in [1.807, 2.05) is 19.1 Å². The van der Waals surface area contributed by atoms with Gasteiger partial charge < -0.3 is 4.98 Å². The van der Waals surface area contributed by atoms with Gasteiger partial charge in [0.15, 0.2) is 0 Å². The highest BCUT2D eigenvalue weighted by Gasteiger charge is 2.11. The van der Waals surface area contributed by atoms with Crippen molar-refractivity contribution in [1.82, 2.24) is 9.97 Å². The molecule has 0 saturated carbocycles. The number of aromatic amines is 1. The Labute approximate surface area is 103 Å². The van der Waals surface area contributed by atoms with Gasteiger partial charge in [-0.15, -0.1) is 11.3 Å². The normalized spacial score (nSPS) is 11.4. The molecule has 2 heterocycles. The number of aromatic nitrogens is 2. The van der Waals surface area contributed by atoms with E-state index in [-0.39, 0.29) is 5.56 Å². The largest absolute Gasteiger partial charge is 0.312 e. The highest BCUT2D eigenvalue weighted by atomic mass is 79.9. The van der Waals surface area contributed by atoms with Gasteiger partial charge in [0.2, 0.25) is 0 Å². The van der Waals surface area contributed by atoms with Crippen LogP contribution in [0, 0.1) is 6.92 Å². The number of hydrogen-bond acceptors (Lipinski definition) is 3. The van der Waals surface area contributed by atoms with Gasteiger partial charge in [-0.1, -0.05) is 15.9 Å². The van der Waals surface area contributed by atoms with E-state index in [1.165, 1.54) is 17.7 Å². The molecule has 1 N–H and O–H groups in total. The van der Waals surface area contributed by atoms with Crippen LogP contribution in [0.5, 0.6) is 0 Å². The van der Waals surface area contributed by atoms with Gasteiger partial charge in [0.25, 0.3) is 5.56 Å². The number of aryl methyl sites for hydroxylation is 1. The summed E-state index contributed by atoms with van der Waals surface area (Å²) in [7, 11) is 0. The zero-order valence-corrected chi connectivity index (χ0v) is 10.8. The predicted octanol–water partition coefficient (Wildman–Crippen LogP) is 3.21. The highest BCUT2D eigenvalue weighted by Crippen LogP contribution is 2.34. The quantitative estimate of drug-likeness (QED) is 0.692. The summed E-state index contributed by atoms with van der Waals surface area (Å²) >= 11 is 4.94. The van der Waals surface area contributed by atoms with E-state index in [1.54, 1.807) is 0 Å². The molecule has 0 amide bonds. The molecule has 3 rings (SSSR count). The Morgan fingerprint density at radius 1 is 1.44 bits per heavy atom. The molecule has 80 valence electrons. The molecule has 0 unspecified atom stereocenters. The summed E-state index contributed by atoms with van der Waals surface area (Å²) in [6, 6.07) is 4.06. The number of rotatable bonds is 0. The first-order valence-corrected chi connectivity index (χ1v) is 6.34. The summed E-state index contributed by atoms with van der Waals surface area (Å²) in [5.41, 5.74) is 1.86. The number of hydrogen-bond donors (Lipinski definition) is 1. The van der Waals surface area contributed by atoms with Gasteiger partial charge in [-0.25, -0.2) is 4.98 Å². The number of fused-ring (bicyclic) bond motifs is 3. The predicted molar refractivity (Wildman–Crippen MR) is 70.2 cm³/mol. The Morgan fingerprint density at radius 2 is 2.25 bits per heavy atom. The summed E-state index contributed by atoms with van der Waals surface area (Å²) in [6.07, 6.45) is 1.46. The van der Waals surface area contributed by atoms with Gasteiger partial charge >= 0.3 is 0 Å². The molecular weight excluding hydrogens is 288 g/mol. The third-order valence-corrected chi connectivity index (χ3v) is 4.11. The van der Waals surface area contributed by atoms with Gasteiger partial charge in [0, 0.05) is 14.6 Å². The fourth-order valence-electron chi connectivity index (χ4n) is 1.87. The van der Waals surface area contributed by atoms with Crippen molar-refractivity contribution < 1.29 is 0 Å². The van der Waals surface area contributed by atoms with Crippen molar-refractivity contribution in [3.63, 3.8) is 0 Å². The van der Waals surface area contributed by atoms with Crippen molar-refractivity contribution in [3.8, 4) is 0 Å². The first kappa shape index (κ1) is 9.99. The molecule has 16 heavy (non-hydrogen) atoms. The molecule has 3 nitrogen and oxygen atoms in total. The van der Waals surface area contributed by atoms with Crippen LogP contribution in [0.25, 0.3) is 20.3 Å². The van der Waals surface area contributed by atoms with Crippen molar-refractivity contribution >= 4 is 47.6 Å². The van der Waals surface area contributed by atoms with Crippen molar-refractivity contribution in [2.24, 2.45) is 0 Å². The van der Waals surface area contributed by atoms with E-state index in [4.69, 9.17) is 0 Å². The maximum absolute atomic E-state index is 11.6. The Kier molecular flexibility index (Phi) is 2.12. The SMILES string of the molecule is Cc1cc(Br)cc2sc3c(=O)[nH]cnc3c12. The standard InChI is InChI=1S/C11H7BrN2OS/c1-5-2-6(12)3-7-8(5)9-10(16-7)11(15)14-4-13-9/h2-4H,1H3,(H,13,14,15). The molecule has 0 bridgehead atoms. The third kappa shape index (κ3) is 1.32. The number of thiophene rings is 1. The number of benzene rings is 1. The van der Waals surface area contributed by atoms with Gasteiger partial charge in [-0.2, -0.15) is 0 Å². The van der Waals surface area contributed by atoms with Crippen LogP contribution in [0.2, 0.25) is 0 Å². The van der Waals surface area contributed by atoms with Crippen LogP contribution < -0.4 is 5.56 Å². The molecule has 1 aromatic carbocycles. The molecule has 3 aromatic rings. The van der Waals surface area contributed by atoms with E-state index >= 15 is 0 Å². The van der Waals surface area contributed by atoms with E-state index in [0.29, 0.717) is 4.70 Å². The van der Waals surface area contributed by atoms with Crippen molar-refractivity contribution in [3.05, 3.63) is 38.9 Å². The van der Waals surface area contributed by atoms with E-state index in [9.17, 15) is 4.79 Å². The second-order valence-electron chi connectivity index (χ2n) is 3.61. The maximum Gasteiger partial charge on any atom is 0.268 e. The number of nitrogens with one attached hydrogen (secondary N) is 1. The summed E-state index contributed by atoms with van der Waals surface area (Å²) in [6.45, 7) is 2.03. The topological polar surface area (TPSA) is 45.8 Å². The second kappa shape index (κ2) is 3.40. The fourth-order valence-corrected chi connectivity index (χ4v) is 3.76. The van der Waals surface area contributed by atoms with Gasteiger partial charge in [-0.05, 0) is 24.6 Å². The molecule has 0 spiro atoms. The summed E-state index contributed by atoms with van der Waals surface area (Å²) in [5, 5.41) is 1.08. The molecule has 0 atom stereocenters. The average Bonchev–Trinajstić information content (AvgIpc) is 2.57. The van der Waals surface area contributed by atoms with E-state index in [0.717, 1.165) is 25.6 Å². The molecule has 0 radical (unpaired) electrons. The minimum Gasteiger partial charge on any atom is -0.312 e. The molecule has 5 heteroatoms. The van der Waals surface area contributed by atoms with Gasteiger partial charge in [-0.3, -0.25) is 4.79 Å². The average molecular weight is 295 g/mol. The van der Waals surface area contributed by atoms with Crippen LogP contribution >= 0.6 is 27.3 Å². The number of nitrogens with zero attached hydrogens (tertiary/aromatic N) is 1. The second-order valence-corrected chi connectivity index (χ2v) is 5.58. The van der Waals surface area contributed by atoms with Crippen LogP contribution in [-0.2, 0) is 0 Å². The smallest absolute Gasteiger partial charge is 0.268 e. The lowest BCUT2D eigenvalue weighted by molar-refractivity contribution is 1.18. The lowest BCUT2D eigenvalue weighted by atomic mass is 10.1. The molecule has 0 aliphatic heterocycles. The Balaban J connectivity index is 2.67. The Bertz CT molecular complexity index is 760. The molecule has 0 fully saturated rings. The zero-order chi connectivity index (χ0) is 11.3. The van der Waals surface area contributed by atoms with Crippen LogP contribution in [0.3, 0.4) is 0 Å². The Hall–Kier alpha value is -1.20. The van der Waals surface area contributed by atoms with Crippen LogP contribution in [-0.4, -0.2) is 9.97 Å². The molecular formula is C11H7BrN2OS. The van der Waals surface area contributed by atoms with Crippen molar-refractivity contribution in [2.75, 3.05) is 0 Å². The van der Waals surface area contributed by atoms with Crippen molar-refractivity contribution in [2.45, 2.75) is 6.92 Å². The van der Waals surface area contributed by atoms with Gasteiger partial charge in [0.1, 0.15) is 4.70 Å². The van der Waals surface area contributed by atoms with Crippen molar-refractivity contribution in [1.29, 1.82) is 0 Å². The van der Waals surface area contributed by atoms with Crippen LogP contribution in [0.15, 0.2) is 27.7 Å². The Morgan fingerprint density at radius 3 is 3.06 bits per heavy atom. The first-order chi connectivity index (χ1) is 7.66.